The van der Waals surface area contributed by atoms with Gasteiger partial charge in [0.15, 0.2) is 40.6 Å². The van der Waals surface area contributed by atoms with Crippen molar-refractivity contribution in [3.8, 4) is 90.8 Å². The third-order valence-corrected chi connectivity index (χ3v) is 14.7. The third kappa shape index (κ3) is 8.70. The van der Waals surface area contributed by atoms with Gasteiger partial charge in [0.05, 0.1) is 45.6 Å². The topological polar surface area (TPSA) is 91.6 Å². The van der Waals surface area contributed by atoms with Gasteiger partial charge >= 0.3 is 6.18 Å². The molecule has 9 nitrogen and oxygen atoms in total. The minimum Gasteiger partial charge on any atom is -0.308 e. The zero-order valence-electron chi connectivity index (χ0n) is 43.2. The highest BCUT2D eigenvalue weighted by Gasteiger charge is 2.32. The summed E-state index contributed by atoms with van der Waals surface area (Å²) >= 11 is 0. The van der Waals surface area contributed by atoms with Gasteiger partial charge in [0.25, 0.3) is 0 Å². The fraction of sp³-hybridized carbons (Fsp3) is 0.0290. The molecule has 0 amide bonds. The van der Waals surface area contributed by atoms with Crippen LogP contribution in [0.1, 0.15) is 11.1 Å². The summed E-state index contributed by atoms with van der Waals surface area (Å²) in [5, 5.41) is 3.63. The molecule has 384 valence electrons. The van der Waals surface area contributed by atoms with Crippen molar-refractivity contribution in [2.75, 3.05) is 0 Å². The zero-order valence-corrected chi connectivity index (χ0v) is 43.2. The highest BCUT2D eigenvalue weighted by atomic mass is 19.4. The molecule has 0 aliphatic heterocycles. The largest absolute Gasteiger partial charge is 0.416 e. The van der Waals surface area contributed by atoms with Crippen LogP contribution in [0.4, 0.5) is 18.9 Å². The van der Waals surface area contributed by atoms with Crippen molar-refractivity contribution in [1.82, 2.24) is 39.0 Å². The highest BCUT2D eigenvalue weighted by Crippen LogP contribution is 2.45. The highest BCUT2D eigenvalue weighted by molar-refractivity contribution is 6.13. The van der Waals surface area contributed by atoms with Gasteiger partial charge in [0.2, 0.25) is 0 Å². The molecule has 14 aromatic rings. The minimum atomic E-state index is -4.62. The Bertz CT molecular complexity index is 4700. The van der Waals surface area contributed by atoms with Gasteiger partial charge in [0, 0.05) is 54.9 Å². The van der Waals surface area contributed by atoms with Crippen LogP contribution in [-0.2, 0) is 6.18 Å². The van der Waals surface area contributed by atoms with Crippen molar-refractivity contribution in [2.45, 2.75) is 13.1 Å². The first-order valence-corrected chi connectivity index (χ1v) is 26.2. The molecule has 0 spiro atoms. The number of para-hydroxylation sites is 2. The van der Waals surface area contributed by atoms with Crippen LogP contribution in [0.2, 0.25) is 0 Å². The van der Waals surface area contributed by atoms with E-state index < -0.39 is 11.7 Å². The Morgan fingerprint density at radius 2 is 0.704 bits per heavy atom. The lowest BCUT2D eigenvalue weighted by atomic mass is 9.97. The first-order chi connectivity index (χ1) is 39.6. The number of rotatable bonds is 9. The molecule has 0 aliphatic rings. The SMILES string of the molecule is [C-]#[N+]c1cc(-n2c3ccccc3c3cc(-c4nc(-c5ccccc5)nc(-c5ccccc5)n4)ccc32)c(-n2c3ccccc3c3cc(-c4nc(-c5ccccc5)nc(-c5ccccc5)n4)ccc32)cc1-c1cc(C)cc(C(F)(F)F)c1. The Kier molecular flexibility index (Phi) is 11.7. The molecule has 12 heteroatoms. The Hall–Kier alpha value is -10.9. The number of fused-ring (bicyclic) bond motifs is 6. The monoisotopic (exact) mass is 1050 g/mol. The fourth-order valence-electron chi connectivity index (χ4n) is 11.0. The number of hydrogen-bond donors (Lipinski definition) is 0. The smallest absolute Gasteiger partial charge is 0.308 e. The van der Waals surface area contributed by atoms with Crippen molar-refractivity contribution in [1.29, 1.82) is 0 Å². The van der Waals surface area contributed by atoms with Gasteiger partial charge in [-0.2, -0.15) is 13.2 Å². The molecule has 0 aliphatic carbocycles. The molecular weight excluding hydrogens is 1010 g/mol. The fourth-order valence-corrected chi connectivity index (χ4v) is 11.0. The molecule has 81 heavy (non-hydrogen) atoms. The van der Waals surface area contributed by atoms with E-state index in [0.717, 1.165) is 89.1 Å². The summed E-state index contributed by atoms with van der Waals surface area (Å²) in [4.78, 5) is 34.2. The quantitative estimate of drug-likeness (QED) is 0.134. The number of hydrogen-bond acceptors (Lipinski definition) is 6. The first kappa shape index (κ1) is 48.5. The third-order valence-electron chi connectivity index (χ3n) is 14.7. The van der Waals surface area contributed by atoms with E-state index >= 15 is 0 Å². The van der Waals surface area contributed by atoms with Gasteiger partial charge in [-0.3, -0.25) is 0 Å². The second-order valence-electron chi connectivity index (χ2n) is 19.8. The number of aryl methyl sites for hydroxylation is 1. The van der Waals surface area contributed by atoms with Crippen LogP contribution in [0, 0.1) is 13.5 Å². The summed E-state index contributed by atoms with van der Waals surface area (Å²) in [5.41, 5.74) is 9.93. The van der Waals surface area contributed by atoms with Crippen LogP contribution in [0.5, 0.6) is 0 Å². The van der Waals surface area contributed by atoms with E-state index in [1.807, 2.05) is 194 Å². The van der Waals surface area contributed by atoms with Gasteiger partial charge < -0.3 is 9.13 Å². The van der Waals surface area contributed by atoms with Gasteiger partial charge in [-0.15, -0.1) is 0 Å². The normalized spacial score (nSPS) is 11.7. The molecular formula is C69H42F3N9. The van der Waals surface area contributed by atoms with E-state index in [1.54, 1.807) is 13.0 Å². The lowest BCUT2D eigenvalue weighted by molar-refractivity contribution is -0.137. The molecule has 4 aromatic heterocycles. The summed E-state index contributed by atoms with van der Waals surface area (Å²) in [5.74, 6) is 3.12. The van der Waals surface area contributed by atoms with Crippen LogP contribution in [0.3, 0.4) is 0 Å². The molecule has 0 N–H and O–H groups in total. The molecule has 0 saturated carbocycles. The van der Waals surface area contributed by atoms with Crippen LogP contribution in [0.15, 0.2) is 237 Å². The molecule has 10 aromatic carbocycles. The average Bonchev–Trinajstić information content (AvgIpc) is 4.08. The summed E-state index contributed by atoms with van der Waals surface area (Å²) < 4.78 is 48.3. The second-order valence-corrected chi connectivity index (χ2v) is 19.8. The molecule has 0 saturated heterocycles. The summed E-state index contributed by atoms with van der Waals surface area (Å²) in [6.45, 7) is 10.3. The summed E-state index contributed by atoms with van der Waals surface area (Å²) in [7, 11) is 0. The maximum atomic E-state index is 14.7. The Morgan fingerprint density at radius 3 is 1.10 bits per heavy atom. The van der Waals surface area contributed by atoms with Crippen molar-refractivity contribution in [2.24, 2.45) is 0 Å². The molecule has 0 radical (unpaired) electrons. The molecule has 0 bridgehead atoms. The molecule has 14 rings (SSSR count). The van der Waals surface area contributed by atoms with E-state index in [9.17, 15) is 13.2 Å². The Labute approximate surface area is 462 Å². The van der Waals surface area contributed by atoms with Crippen molar-refractivity contribution in [3.05, 3.63) is 259 Å². The predicted molar refractivity (Wildman–Crippen MR) is 316 cm³/mol. The lowest BCUT2D eigenvalue weighted by Crippen LogP contribution is -2.06. The van der Waals surface area contributed by atoms with Crippen molar-refractivity contribution < 1.29 is 13.2 Å². The number of aromatic nitrogens is 8. The maximum absolute atomic E-state index is 14.7. The van der Waals surface area contributed by atoms with Gasteiger partial charge in [0.1, 0.15) is 0 Å². The van der Waals surface area contributed by atoms with E-state index in [0.29, 0.717) is 57.4 Å². The number of alkyl halides is 3. The van der Waals surface area contributed by atoms with Crippen LogP contribution in [-0.4, -0.2) is 39.0 Å². The van der Waals surface area contributed by atoms with Crippen LogP contribution >= 0.6 is 0 Å². The average molecular weight is 1050 g/mol. The van der Waals surface area contributed by atoms with Crippen molar-refractivity contribution in [3.63, 3.8) is 0 Å². The Balaban J connectivity index is 1.02. The van der Waals surface area contributed by atoms with Crippen LogP contribution in [0.25, 0.3) is 139 Å². The molecule has 0 unspecified atom stereocenters. The lowest BCUT2D eigenvalue weighted by Gasteiger charge is -2.20. The van der Waals surface area contributed by atoms with E-state index in [-0.39, 0.29) is 11.3 Å². The van der Waals surface area contributed by atoms with Gasteiger partial charge in [-0.25, -0.2) is 34.7 Å². The van der Waals surface area contributed by atoms with Crippen LogP contribution < -0.4 is 0 Å². The Morgan fingerprint density at radius 1 is 0.346 bits per heavy atom. The number of nitrogens with zero attached hydrogens (tertiary/aromatic N) is 9. The first-order valence-electron chi connectivity index (χ1n) is 26.2. The van der Waals surface area contributed by atoms with E-state index in [1.165, 1.54) is 0 Å². The molecule has 4 heterocycles. The molecule has 0 atom stereocenters. The maximum Gasteiger partial charge on any atom is 0.416 e. The predicted octanol–water partition coefficient (Wildman–Crippen LogP) is 17.8. The minimum absolute atomic E-state index is 0.184. The van der Waals surface area contributed by atoms with E-state index in [2.05, 4.69) is 38.2 Å². The number of halogens is 3. The van der Waals surface area contributed by atoms with Gasteiger partial charge in [-0.1, -0.05) is 164 Å². The zero-order chi connectivity index (χ0) is 54.8. The van der Waals surface area contributed by atoms with Gasteiger partial charge in [-0.05, 0) is 96.4 Å². The summed E-state index contributed by atoms with van der Waals surface area (Å²) in [6, 6.07) is 75.4. The summed E-state index contributed by atoms with van der Waals surface area (Å²) in [6.07, 6.45) is -4.62. The standard InChI is InChI=1S/C69H42F3N9/c1-42-35-49(37-50(36-42)69(70,71)72)53-40-61(80-57-29-17-15-27-51(57)54-38-47(31-33-59(54)80)67-76-63(43-19-7-3-8-20-43)74-64(77-67)44-21-9-4-10-22-44)62(41-56(53)73-2)81-58-30-18-16-28-52(58)55-39-48(32-34-60(55)81)68-78-65(45-23-11-5-12-24-45)75-66(79-68)46-25-13-6-14-26-46/h3-41H,1H3. The van der Waals surface area contributed by atoms with Crippen molar-refractivity contribution >= 4 is 49.3 Å². The second kappa shape index (κ2) is 19.5. The number of benzene rings is 10. The molecule has 0 fully saturated rings. The van der Waals surface area contributed by atoms with E-state index in [4.69, 9.17) is 36.5 Å².